The first-order valence-electron chi connectivity index (χ1n) is 5.94. The highest BCUT2D eigenvalue weighted by atomic mass is 32.1. The van der Waals surface area contributed by atoms with Crippen molar-refractivity contribution in [2.45, 2.75) is 0 Å². The van der Waals surface area contributed by atoms with Gasteiger partial charge in [0.05, 0.1) is 19.8 Å². The van der Waals surface area contributed by atoms with Gasteiger partial charge in [-0.15, -0.1) is 0 Å². The van der Waals surface area contributed by atoms with Gasteiger partial charge in [0.1, 0.15) is 4.99 Å². The molecule has 2 heterocycles. The van der Waals surface area contributed by atoms with E-state index in [0.29, 0.717) is 44.7 Å². The van der Waals surface area contributed by atoms with Gasteiger partial charge in [-0.3, -0.25) is 0 Å². The lowest BCUT2D eigenvalue weighted by atomic mass is 10.4. The lowest BCUT2D eigenvalue weighted by molar-refractivity contribution is 0.122. The number of thiocarbonyl (C=S) groups is 1. The molecular formula is C10H16N6O2S. The highest BCUT2D eigenvalue weighted by molar-refractivity contribution is 7.80. The zero-order valence-corrected chi connectivity index (χ0v) is 11.2. The monoisotopic (exact) mass is 284 g/mol. The number of ether oxygens (including phenoxy) is 1. The minimum atomic E-state index is -0.0129. The topological polar surface area (TPSA) is 109 Å². The van der Waals surface area contributed by atoms with Gasteiger partial charge in [0.2, 0.25) is 11.9 Å². The number of rotatable bonds is 5. The first kappa shape index (κ1) is 13.8. The fourth-order valence-electron chi connectivity index (χ4n) is 1.63. The normalized spacial score (nSPS) is 15.3. The van der Waals surface area contributed by atoms with Gasteiger partial charge >= 0.3 is 0 Å². The Bertz CT molecular complexity index is 452. The molecule has 0 radical (unpaired) electrons. The Balaban J connectivity index is 2.24. The van der Waals surface area contributed by atoms with Gasteiger partial charge in [-0.25, -0.2) is 0 Å². The molecule has 0 aromatic carbocycles. The number of morpholine rings is 1. The molecule has 0 unspecified atom stereocenters. The summed E-state index contributed by atoms with van der Waals surface area (Å²) >= 11 is 4.90. The molecule has 19 heavy (non-hydrogen) atoms. The van der Waals surface area contributed by atoms with Gasteiger partial charge in [0, 0.05) is 19.6 Å². The predicted molar refractivity (Wildman–Crippen MR) is 74.3 cm³/mol. The van der Waals surface area contributed by atoms with Crippen LogP contribution in [-0.2, 0) is 4.74 Å². The van der Waals surface area contributed by atoms with Gasteiger partial charge in [-0.05, 0) is 0 Å². The van der Waals surface area contributed by atoms with Crippen LogP contribution in [0.4, 0.5) is 11.9 Å². The van der Waals surface area contributed by atoms with Crippen molar-refractivity contribution >= 4 is 29.1 Å². The zero-order valence-electron chi connectivity index (χ0n) is 10.4. The number of nitrogens with zero attached hydrogens (tertiary/aromatic N) is 4. The number of anilines is 2. The first-order valence-corrected chi connectivity index (χ1v) is 6.35. The summed E-state index contributed by atoms with van der Waals surface area (Å²) in [6.45, 7) is 3.02. The van der Waals surface area contributed by atoms with Gasteiger partial charge in [0.25, 0.3) is 0 Å². The van der Waals surface area contributed by atoms with Gasteiger partial charge in [0.15, 0.2) is 5.82 Å². The van der Waals surface area contributed by atoms with Crippen LogP contribution >= 0.6 is 12.2 Å². The number of nitrogens with two attached hydrogens (primary N) is 1. The summed E-state index contributed by atoms with van der Waals surface area (Å²) in [5.74, 6) is 1.14. The molecule has 0 amide bonds. The van der Waals surface area contributed by atoms with Crippen LogP contribution in [0.2, 0.25) is 0 Å². The minimum absolute atomic E-state index is 0.0129. The minimum Gasteiger partial charge on any atom is -0.395 e. The number of hydrogen-bond acceptors (Lipinski definition) is 8. The highest BCUT2D eigenvalue weighted by Crippen LogP contribution is 2.12. The van der Waals surface area contributed by atoms with Crippen LogP contribution in [0.15, 0.2) is 0 Å². The molecule has 1 aromatic rings. The van der Waals surface area contributed by atoms with E-state index in [4.69, 9.17) is 27.8 Å². The average Bonchev–Trinajstić information content (AvgIpc) is 2.45. The van der Waals surface area contributed by atoms with Gasteiger partial charge in [-0.2, -0.15) is 15.0 Å². The van der Waals surface area contributed by atoms with Crippen LogP contribution in [0, 0.1) is 0 Å². The van der Waals surface area contributed by atoms with E-state index in [1.807, 2.05) is 4.90 Å². The van der Waals surface area contributed by atoms with Crippen molar-refractivity contribution in [1.82, 2.24) is 15.0 Å². The van der Waals surface area contributed by atoms with E-state index in [1.165, 1.54) is 0 Å². The molecule has 2 rings (SSSR count). The third kappa shape index (κ3) is 3.69. The van der Waals surface area contributed by atoms with E-state index >= 15 is 0 Å². The molecule has 1 saturated heterocycles. The molecule has 1 fully saturated rings. The fraction of sp³-hybridized carbons (Fsp3) is 0.600. The van der Waals surface area contributed by atoms with Crippen molar-refractivity contribution < 1.29 is 9.84 Å². The fourth-order valence-corrected chi connectivity index (χ4v) is 1.72. The summed E-state index contributed by atoms with van der Waals surface area (Å²) in [6.07, 6.45) is 0. The highest BCUT2D eigenvalue weighted by Gasteiger charge is 2.17. The summed E-state index contributed by atoms with van der Waals surface area (Å²) in [5.41, 5.74) is 5.57. The Morgan fingerprint density at radius 3 is 2.74 bits per heavy atom. The van der Waals surface area contributed by atoms with E-state index in [2.05, 4.69) is 20.3 Å². The molecule has 0 bridgehead atoms. The van der Waals surface area contributed by atoms with E-state index < -0.39 is 0 Å². The van der Waals surface area contributed by atoms with Crippen molar-refractivity contribution in [3.05, 3.63) is 5.82 Å². The number of nitrogens with one attached hydrogen (secondary N) is 1. The Labute approximate surface area is 116 Å². The van der Waals surface area contributed by atoms with Crippen molar-refractivity contribution in [1.29, 1.82) is 0 Å². The van der Waals surface area contributed by atoms with Crippen molar-refractivity contribution in [3.63, 3.8) is 0 Å². The second-order valence-corrected chi connectivity index (χ2v) is 4.34. The Hall–Kier alpha value is -1.58. The van der Waals surface area contributed by atoms with Gasteiger partial charge in [-0.1, -0.05) is 12.2 Å². The van der Waals surface area contributed by atoms with E-state index in [-0.39, 0.29) is 17.4 Å². The third-order valence-corrected chi connectivity index (χ3v) is 2.72. The molecule has 8 nitrogen and oxygen atoms in total. The molecule has 1 aliphatic heterocycles. The molecule has 9 heteroatoms. The summed E-state index contributed by atoms with van der Waals surface area (Å²) in [6, 6.07) is 0. The van der Waals surface area contributed by atoms with Crippen LogP contribution in [0.3, 0.4) is 0 Å². The van der Waals surface area contributed by atoms with Crippen molar-refractivity contribution in [3.8, 4) is 0 Å². The average molecular weight is 284 g/mol. The second kappa shape index (κ2) is 6.55. The summed E-state index contributed by atoms with van der Waals surface area (Å²) in [4.78, 5) is 14.7. The Morgan fingerprint density at radius 1 is 1.37 bits per heavy atom. The predicted octanol–water partition coefficient (Wildman–Crippen LogP) is -1.25. The maximum absolute atomic E-state index is 8.81. The molecule has 0 spiro atoms. The van der Waals surface area contributed by atoms with Crippen LogP contribution < -0.4 is 16.0 Å². The van der Waals surface area contributed by atoms with Crippen LogP contribution in [0.1, 0.15) is 5.82 Å². The zero-order chi connectivity index (χ0) is 13.7. The third-order valence-electron chi connectivity index (χ3n) is 2.53. The van der Waals surface area contributed by atoms with Gasteiger partial charge < -0.3 is 25.8 Å². The lowest BCUT2D eigenvalue weighted by Gasteiger charge is -2.27. The largest absolute Gasteiger partial charge is 0.395 e. The molecule has 0 atom stereocenters. The number of aliphatic hydroxyl groups is 1. The van der Waals surface area contributed by atoms with Crippen LogP contribution in [0.25, 0.3) is 0 Å². The maximum Gasteiger partial charge on any atom is 0.230 e. The van der Waals surface area contributed by atoms with Crippen LogP contribution in [0.5, 0.6) is 0 Å². The van der Waals surface area contributed by atoms with Crippen molar-refractivity contribution in [2.24, 2.45) is 5.73 Å². The first-order chi connectivity index (χ1) is 9.20. The van der Waals surface area contributed by atoms with E-state index in [9.17, 15) is 0 Å². The molecule has 0 aliphatic carbocycles. The maximum atomic E-state index is 8.81. The quantitative estimate of drug-likeness (QED) is 0.571. The molecule has 1 aromatic heterocycles. The summed E-state index contributed by atoms with van der Waals surface area (Å²) < 4.78 is 5.28. The van der Waals surface area contributed by atoms with E-state index in [1.54, 1.807) is 0 Å². The summed E-state index contributed by atoms with van der Waals surface area (Å²) in [7, 11) is 0. The smallest absolute Gasteiger partial charge is 0.230 e. The molecule has 104 valence electrons. The molecule has 0 saturated carbocycles. The standard InChI is InChI=1S/C10H16N6O2S/c11-7(19)8-13-9(12-1-4-17)15-10(14-8)16-2-5-18-6-3-16/h17H,1-6H2,(H2,11,19)(H,12,13,14,15). The second-order valence-electron chi connectivity index (χ2n) is 3.90. The molecule has 1 aliphatic rings. The number of aliphatic hydroxyl groups excluding tert-OH is 1. The lowest BCUT2D eigenvalue weighted by Crippen LogP contribution is -2.38. The molecular weight excluding hydrogens is 268 g/mol. The summed E-state index contributed by atoms with van der Waals surface area (Å²) in [5, 5.41) is 11.7. The Morgan fingerprint density at radius 2 is 2.11 bits per heavy atom. The molecule has 4 N–H and O–H groups in total. The number of hydrogen-bond donors (Lipinski definition) is 3. The van der Waals surface area contributed by atoms with Crippen molar-refractivity contribution in [2.75, 3.05) is 49.7 Å². The van der Waals surface area contributed by atoms with Crippen LogP contribution in [-0.4, -0.2) is 64.5 Å². The Kier molecular flexibility index (Phi) is 4.77. The van der Waals surface area contributed by atoms with E-state index in [0.717, 1.165) is 0 Å². The number of aromatic nitrogens is 3. The SMILES string of the molecule is NC(=S)c1nc(NCCO)nc(N2CCOCC2)n1.